The van der Waals surface area contributed by atoms with Crippen molar-refractivity contribution in [3.05, 3.63) is 53.6 Å². The number of rotatable bonds is 5. The van der Waals surface area contributed by atoms with Crippen molar-refractivity contribution in [2.75, 3.05) is 5.32 Å². The molecule has 0 aliphatic heterocycles. The third kappa shape index (κ3) is 4.66. The molecule has 0 fully saturated rings. The van der Waals surface area contributed by atoms with Crippen molar-refractivity contribution in [2.45, 2.75) is 17.3 Å². The first-order valence-electron chi connectivity index (χ1n) is 7.99. The Balaban J connectivity index is 1.94. The van der Waals surface area contributed by atoms with Gasteiger partial charge in [0.25, 0.3) is 0 Å². The molecule has 3 amide bonds. The molecule has 0 bridgehead atoms. The van der Waals surface area contributed by atoms with Crippen LogP contribution in [0.4, 0.5) is 16.3 Å². The van der Waals surface area contributed by atoms with E-state index >= 15 is 0 Å². The highest BCUT2D eigenvalue weighted by Crippen LogP contribution is 2.30. The number of imide groups is 1. The number of urea groups is 1. The zero-order chi connectivity index (χ0) is 19.4. The molecule has 1 heterocycles. The van der Waals surface area contributed by atoms with Crippen LogP contribution in [0.2, 0.25) is 5.02 Å². The fourth-order valence-corrected chi connectivity index (χ4v) is 3.29. The number of halogens is 1. The van der Waals surface area contributed by atoms with E-state index in [1.54, 1.807) is 13.0 Å². The van der Waals surface area contributed by atoms with Crippen molar-refractivity contribution in [1.82, 2.24) is 15.3 Å². The SMILES string of the molecule is C[C@H](Sc1nc(Nc2ccccc2Cl)c2ccccc2n1)C(=O)NC(N)=O. The lowest BCUT2D eigenvalue weighted by atomic mass is 10.2. The Labute approximate surface area is 164 Å². The molecule has 3 rings (SSSR count). The molecule has 0 saturated heterocycles. The van der Waals surface area contributed by atoms with Crippen molar-refractivity contribution in [1.29, 1.82) is 0 Å². The zero-order valence-corrected chi connectivity index (χ0v) is 15.8. The number of hydrogen-bond acceptors (Lipinski definition) is 6. The zero-order valence-electron chi connectivity index (χ0n) is 14.3. The van der Waals surface area contributed by atoms with Crippen LogP contribution >= 0.6 is 23.4 Å². The van der Waals surface area contributed by atoms with Gasteiger partial charge in [-0.3, -0.25) is 10.1 Å². The summed E-state index contributed by atoms with van der Waals surface area (Å²) in [5.41, 5.74) is 6.41. The lowest BCUT2D eigenvalue weighted by Gasteiger charge is -2.13. The molecule has 0 aliphatic carbocycles. The largest absolute Gasteiger partial charge is 0.351 e. The van der Waals surface area contributed by atoms with E-state index in [0.29, 0.717) is 27.2 Å². The number of nitrogens with one attached hydrogen (secondary N) is 2. The summed E-state index contributed by atoms with van der Waals surface area (Å²) in [4.78, 5) is 31.8. The van der Waals surface area contributed by atoms with Gasteiger partial charge < -0.3 is 11.1 Å². The number of nitrogens with two attached hydrogens (primary N) is 1. The monoisotopic (exact) mass is 401 g/mol. The second-order valence-electron chi connectivity index (χ2n) is 5.59. The summed E-state index contributed by atoms with van der Waals surface area (Å²) in [5.74, 6) is 0.0589. The van der Waals surface area contributed by atoms with Gasteiger partial charge in [0.05, 0.1) is 21.5 Å². The number of para-hydroxylation sites is 2. The molecule has 1 aromatic heterocycles. The van der Waals surface area contributed by atoms with E-state index in [-0.39, 0.29) is 0 Å². The quantitative estimate of drug-likeness (QED) is 0.444. The average molecular weight is 402 g/mol. The van der Waals surface area contributed by atoms with Gasteiger partial charge in [0.15, 0.2) is 5.16 Å². The number of carbonyl (C=O) groups excluding carboxylic acids is 2. The van der Waals surface area contributed by atoms with Gasteiger partial charge in [0.1, 0.15) is 5.82 Å². The summed E-state index contributed by atoms with van der Waals surface area (Å²) in [7, 11) is 0. The third-order valence-corrected chi connectivity index (χ3v) is 4.90. The molecule has 0 aliphatic rings. The van der Waals surface area contributed by atoms with Crippen LogP contribution in [0.1, 0.15) is 6.92 Å². The summed E-state index contributed by atoms with van der Waals surface area (Å²) in [6, 6.07) is 13.9. The molecule has 1 atom stereocenters. The van der Waals surface area contributed by atoms with E-state index in [9.17, 15) is 9.59 Å². The fraction of sp³-hybridized carbons (Fsp3) is 0.111. The average Bonchev–Trinajstić information content (AvgIpc) is 2.63. The number of carbonyl (C=O) groups is 2. The Hall–Kier alpha value is -2.84. The van der Waals surface area contributed by atoms with E-state index in [4.69, 9.17) is 17.3 Å². The number of aromatic nitrogens is 2. The van der Waals surface area contributed by atoms with Crippen LogP contribution in [0.3, 0.4) is 0 Å². The van der Waals surface area contributed by atoms with Gasteiger partial charge in [-0.25, -0.2) is 14.8 Å². The minimum Gasteiger partial charge on any atom is -0.351 e. The predicted octanol–water partition coefficient (Wildman–Crippen LogP) is 3.70. The van der Waals surface area contributed by atoms with Crippen LogP contribution in [-0.4, -0.2) is 27.2 Å². The summed E-state index contributed by atoms with van der Waals surface area (Å²) >= 11 is 7.35. The Bertz CT molecular complexity index is 1010. The summed E-state index contributed by atoms with van der Waals surface area (Å²) in [6.45, 7) is 1.64. The number of fused-ring (bicyclic) bond motifs is 1. The molecule has 7 nitrogen and oxygen atoms in total. The molecule has 2 aromatic carbocycles. The van der Waals surface area contributed by atoms with Crippen molar-refractivity contribution < 1.29 is 9.59 Å². The maximum absolute atomic E-state index is 11.9. The number of anilines is 2. The molecule has 0 saturated carbocycles. The van der Waals surface area contributed by atoms with Gasteiger partial charge in [-0.15, -0.1) is 0 Å². The number of nitrogens with zero attached hydrogens (tertiary/aromatic N) is 2. The van der Waals surface area contributed by atoms with Gasteiger partial charge in [-0.2, -0.15) is 0 Å². The molecule has 0 unspecified atom stereocenters. The molecule has 0 radical (unpaired) electrons. The van der Waals surface area contributed by atoms with Crippen LogP contribution in [0, 0.1) is 0 Å². The minimum absolute atomic E-state index is 0.385. The van der Waals surface area contributed by atoms with Crippen molar-refractivity contribution in [2.24, 2.45) is 5.73 Å². The molecule has 9 heteroatoms. The van der Waals surface area contributed by atoms with E-state index in [0.717, 1.165) is 17.1 Å². The van der Waals surface area contributed by atoms with Crippen LogP contribution in [0.25, 0.3) is 10.9 Å². The standard InChI is InChI=1S/C18H16ClN5O2S/c1-10(16(25)24-17(20)26)27-18-22-13-8-4-2-6-11(13)15(23-18)21-14-9-5-3-7-12(14)19/h2-10H,1H3,(H,21,22,23)(H3,20,24,25,26)/t10-/m0/s1. The Morgan fingerprint density at radius 2 is 1.81 bits per heavy atom. The van der Waals surface area contributed by atoms with Gasteiger partial charge in [0, 0.05) is 5.39 Å². The molecule has 0 spiro atoms. The van der Waals surface area contributed by atoms with Crippen molar-refractivity contribution >= 4 is 57.7 Å². The van der Waals surface area contributed by atoms with Gasteiger partial charge in [-0.1, -0.05) is 47.6 Å². The van der Waals surface area contributed by atoms with Crippen LogP contribution in [-0.2, 0) is 4.79 Å². The molecule has 4 N–H and O–H groups in total. The summed E-state index contributed by atoms with van der Waals surface area (Å²) in [5, 5.41) is 6.43. The highest BCUT2D eigenvalue weighted by molar-refractivity contribution is 8.00. The van der Waals surface area contributed by atoms with Gasteiger partial charge >= 0.3 is 6.03 Å². The lowest BCUT2D eigenvalue weighted by molar-refractivity contribution is -0.119. The second kappa shape index (κ2) is 8.24. The summed E-state index contributed by atoms with van der Waals surface area (Å²) in [6.07, 6.45) is 0. The minimum atomic E-state index is -0.895. The Morgan fingerprint density at radius 1 is 1.11 bits per heavy atom. The first-order valence-corrected chi connectivity index (χ1v) is 9.25. The molecular formula is C18H16ClN5O2S. The second-order valence-corrected chi connectivity index (χ2v) is 7.31. The molecule has 27 heavy (non-hydrogen) atoms. The first-order chi connectivity index (χ1) is 12.9. The number of benzene rings is 2. The Morgan fingerprint density at radius 3 is 2.56 bits per heavy atom. The molecule has 3 aromatic rings. The smallest absolute Gasteiger partial charge is 0.318 e. The van der Waals surface area contributed by atoms with E-state index in [1.165, 1.54) is 0 Å². The first kappa shape index (κ1) is 18.9. The van der Waals surface area contributed by atoms with Crippen LogP contribution in [0.5, 0.6) is 0 Å². The highest BCUT2D eigenvalue weighted by Gasteiger charge is 2.19. The fourth-order valence-electron chi connectivity index (χ4n) is 2.33. The van der Waals surface area contributed by atoms with Crippen molar-refractivity contribution in [3.8, 4) is 0 Å². The topological polar surface area (TPSA) is 110 Å². The van der Waals surface area contributed by atoms with E-state index < -0.39 is 17.2 Å². The van der Waals surface area contributed by atoms with Crippen LogP contribution < -0.4 is 16.4 Å². The van der Waals surface area contributed by atoms with Crippen LogP contribution in [0.15, 0.2) is 53.7 Å². The predicted molar refractivity (Wildman–Crippen MR) is 107 cm³/mol. The third-order valence-electron chi connectivity index (χ3n) is 3.61. The number of amides is 3. The molecule has 138 valence electrons. The lowest BCUT2D eigenvalue weighted by Crippen LogP contribution is -2.39. The normalized spacial score (nSPS) is 11.8. The highest BCUT2D eigenvalue weighted by atomic mass is 35.5. The summed E-state index contributed by atoms with van der Waals surface area (Å²) < 4.78 is 0. The number of thioether (sulfide) groups is 1. The maximum Gasteiger partial charge on any atom is 0.318 e. The number of hydrogen-bond donors (Lipinski definition) is 3. The van der Waals surface area contributed by atoms with E-state index in [1.807, 2.05) is 42.5 Å². The van der Waals surface area contributed by atoms with E-state index in [2.05, 4.69) is 20.6 Å². The maximum atomic E-state index is 11.9. The number of primary amides is 1. The Kier molecular flexibility index (Phi) is 5.78. The van der Waals surface area contributed by atoms with Gasteiger partial charge in [0.2, 0.25) is 5.91 Å². The van der Waals surface area contributed by atoms with Gasteiger partial charge in [-0.05, 0) is 31.2 Å². The molecular weight excluding hydrogens is 386 g/mol. The van der Waals surface area contributed by atoms with Crippen molar-refractivity contribution in [3.63, 3.8) is 0 Å².